The number of nitrogens with zero attached hydrogens (tertiary/aromatic N) is 3. The molecule has 7 aromatic carbocycles. The summed E-state index contributed by atoms with van der Waals surface area (Å²) in [7, 11) is 5.29. The van der Waals surface area contributed by atoms with Gasteiger partial charge in [-0.15, -0.1) is 0 Å². The molecule has 14 heteroatoms. The van der Waals surface area contributed by atoms with Crippen LogP contribution >= 0.6 is 34.9 Å². The fraction of sp³-hybridized carbons (Fsp3) is 0.193. The number of nitrogens with two attached hydrogens (primary N) is 1. The van der Waals surface area contributed by atoms with Gasteiger partial charge in [-0.25, -0.2) is 18.4 Å². The molecule has 3 N–H and O–H groups in total. The first-order valence-electron chi connectivity index (χ1n) is 23.3. The number of nitrogen functional groups attached to an aromatic ring is 1. The van der Waals surface area contributed by atoms with E-state index in [9.17, 15) is 8.42 Å². The van der Waals surface area contributed by atoms with Gasteiger partial charge in [0, 0.05) is 30.5 Å². The first kappa shape index (κ1) is 54.0. The molecule has 2 aliphatic rings. The van der Waals surface area contributed by atoms with Crippen molar-refractivity contribution in [3.63, 3.8) is 0 Å². The number of hydrogen-bond donors (Lipinski definition) is 2. The molecular formula is C57H58Cl2N4O4P2PdS. The molecule has 71 heavy (non-hydrogen) atoms. The van der Waals surface area contributed by atoms with Gasteiger partial charge < -0.3 is 20.5 Å². The van der Waals surface area contributed by atoms with E-state index in [1.807, 2.05) is 18.2 Å². The third-order valence-corrected chi connectivity index (χ3v) is 19.5. The van der Waals surface area contributed by atoms with E-state index in [4.69, 9.17) is 44.6 Å². The van der Waals surface area contributed by atoms with Gasteiger partial charge >= 0.3 is 35.0 Å². The fourth-order valence-corrected chi connectivity index (χ4v) is 14.9. The van der Waals surface area contributed by atoms with Gasteiger partial charge in [0.1, 0.15) is 10.6 Å². The Morgan fingerprint density at radius 2 is 1.03 bits per heavy atom. The Morgan fingerprint density at radius 1 is 0.648 bits per heavy atom. The zero-order valence-corrected chi connectivity index (χ0v) is 45.1. The normalized spacial score (nSPS) is 14.8. The van der Waals surface area contributed by atoms with Crippen molar-refractivity contribution in [3.8, 4) is 11.4 Å². The van der Waals surface area contributed by atoms with E-state index in [0.717, 1.165) is 5.56 Å². The van der Waals surface area contributed by atoms with Gasteiger partial charge in [-0.2, -0.15) is 0 Å². The van der Waals surface area contributed by atoms with Crippen molar-refractivity contribution >= 4 is 88.1 Å². The summed E-state index contributed by atoms with van der Waals surface area (Å²) in [6, 6.07) is 73.9. The second kappa shape index (κ2) is 27.3. The molecule has 1 atom stereocenters. The van der Waals surface area contributed by atoms with Crippen molar-refractivity contribution < 1.29 is 34.2 Å². The van der Waals surface area contributed by atoms with Gasteiger partial charge in [-0.05, 0) is 98.1 Å². The molecule has 0 amide bonds. The van der Waals surface area contributed by atoms with Gasteiger partial charge in [0.25, 0.3) is 0 Å². The Bertz CT molecular complexity index is 2620. The summed E-state index contributed by atoms with van der Waals surface area (Å²) in [5.41, 5.74) is 7.79. The molecule has 10 rings (SSSR count). The summed E-state index contributed by atoms with van der Waals surface area (Å²) in [5.74, 6) is 1.16. The van der Waals surface area contributed by atoms with E-state index in [0.29, 0.717) is 55.6 Å². The monoisotopic (exact) mass is 1130 g/mol. The number of hydrogen-bond acceptors (Lipinski definition) is 8. The molecule has 1 aliphatic carbocycles. The summed E-state index contributed by atoms with van der Waals surface area (Å²) in [5, 5.41) is 17.5. The van der Waals surface area contributed by atoms with E-state index in [2.05, 4.69) is 194 Å². The summed E-state index contributed by atoms with van der Waals surface area (Å²) in [6.07, 6.45) is 1.31. The van der Waals surface area contributed by atoms with Crippen molar-refractivity contribution in [1.82, 2.24) is 9.97 Å². The molecule has 8 aromatic rings. The van der Waals surface area contributed by atoms with Crippen molar-refractivity contribution in [2.24, 2.45) is 0 Å². The number of sulfone groups is 1. The summed E-state index contributed by atoms with van der Waals surface area (Å²) in [4.78, 5) is 11.6. The molecule has 1 aromatic heterocycles. The number of rotatable bonds is 13. The van der Waals surface area contributed by atoms with Crippen LogP contribution in [0.25, 0.3) is 11.4 Å². The van der Waals surface area contributed by atoms with E-state index in [1.165, 1.54) is 31.8 Å². The second-order valence-electron chi connectivity index (χ2n) is 16.8. The number of morpholine rings is 1. The molecule has 0 unspecified atom stereocenters. The van der Waals surface area contributed by atoms with Gasteiger partial charge in [0.15, 0.2) is 15.7 Å². The topological polar surface area (TPSA) is 119 Å². The van der Waals surface area contributed by atoms with Crippen LogP contribution in [0.2, 0.25) is 0 Å². The Labute approximate surface area is 438 Å². The van der Waals surface area contributed by atoms with Crippen LogP contribution in [0.15, 0.2) is 212 Å². The van der Waals surface area contributed by atoms with Crippen LogP contribution in [0.1, 0.15) is 31.9 Å². The summed E-state index contributed by atoms with van der Waals surface area (Å²) >= 11 is -0.106. The van der Waals surface area contributed by atoms with Crippen molar-refractivity contribution in [2.75, 3.05) is 42.8 Å². The summed E-state index contributed by atoms with van der Waals surface area (Å²) in [6.45, 7) is 3.79. The minimum atomic E-state index is -3.44. The van der Waals surface area contributed by atoms with Crippen LogP contribution in [-0.2, 0) is 35.3 Å². The Balaban J connectivity index is 0.000000158. The zero-order valence-electron chi connectivity index (χ0n) is 39.4. The average molecular weight is 1130 g/mol. The van der Waals surface area contributed by atoms with Crippen LogP contribution in [0, 0.1) is 0 Å². The molecule has 0 bridgehead atoms. The SMILES string of the molecule is C[C@H]1COCCN1c1cc(C2(S(=O)(=O)CCCO)CC2)nc(-c2ccc(N)cc2)n1.[Cl][Pd][Cl].c1ccc(P(c2ccccc2)c2ccccc2)cc1.c1ccc(P(c2ccccc2)c2ccccc2)cc1. The van der Waals surface area contributed by atoms with E-state index < -0.39 is 30.4 Å². The van der Waals surface area contributed by atoms with Crippen molar-refractivity contribution in [1.29, 1.82) is 0 Å². The number of aromatic nitrogens is 2. The molecule has 8 nitrogen and oxygen atoms in total. The van der Waals surface area contributed by atoms with Gasteiger partial charge in [0.05, 0.1) is 30.7 Å². The van der Waals surface area contributed by atoms with E-state index in [1.54, 1.807) is 12.1 Å². The first-order valence-corrected chi connectivity index (χ1v) is 31.7. The minimum absolute atomic E-state index is 0.0476. The average Bonchev–Trinajstić information content (AvgIpc) is 4.25. The van der Waals surface area contributed by atoms with Crippen LogP contribution in [0.4, 0.5) is 11.5 Å². The molecule has 2 heterocycles. The zero-order chi connectivity index (χ0) is 49.9. The third-order valence-electron chi connectivity index (χ3n) is 12.0. The Hall–Kier alpha value is -4.81. The molecule has 1 saturated carbocycles. The number of anilines is 2. The standard InChI is InChI=1S/C21H28N4O4S.2C18H15P.2ClH.Pd/c1-15-14-29-11-9-25(15)19-13-18(21(7-8-21)30(27,28)12-2-10-26)23-20(24-19)16-3-5-17(22)6-4-16;2*1-4-10-16(11-5-1)19(17-12-6-2-7-13-17)18-14-8-3-9-15-18;;;/h3-6,13,15,26H,2,7-12,14,22H2,1H3;2*1-15H;2*1H;/q;;;;;+2/p-2/t15-;;;;;/m0...../s1. The van der Waals surface area contributed by atoms with Crippen LogP contribution in [0.3, 0.4) is 0 Å². The van der Waals surface area contributed by atoms with Crippen LogP contribution in [-0.4, -0.2) is 61.7 Å². The Kier molecular flexibility index (Phi) is 20.8. The number of aliphatic hydroxyl groups is 1. The number of benzene rings is 7. The maximum atomic E-state index is 13.1. The fourth-order valence-electron chi connectivity index (χ4n) is 8.29. The van der Waals surface area contributed by atoms with Crippen molar-refractivity contribution in [3.05, 3.63) is 218 Å². The van der Waals surface area contributed by atoms with E-state index in [-0.39, 0.29) is 40.8 Å². The number of halogens is 2. The minimum Gasteiger partial charge on any atom is -0.0622 e. The largest absolute Gasteiger partial charge is 0.0622 e. The smallest absolute Gasteiger partial charge is 0.0134 e. The van der Waals surface area contributed by atoms with Gasteiger partial charge in [0.2, 0.25) is 0 Å². The second-order valence-corrected chi connectivity index (χ2v) is 26.0. The molecule has 0 spiro atoms. The predicted octanol–water partition coefficient (Wildman–Crippen LogP) is 10.0. The maximum Gasteiger partial charge on any atom is -0.0134 e. The first-order chi connectivity index (χ1) is 34.7. The summed E-state index contributed by atoms with van der Waals surface area (Å²) < 4.78 is 30.8. The molecule has 1 saturated heterocycles. The molecule has 1 aliphatic heterocycles. The molecule has 0 radical (unpaired) electrons. The maximum absolute atomic E-state index is 13.1. The van der Waals surface area contributed by atoms with Gasteiger partial charge in [-0.3, -0.25) is 0 Å². The van der Waals surface area contributed by atoms with Crippen LogP contribution < -0.4 is 42.5 Å². The quantitative estimate of drug-likeness (QED) is 0.0666. The molecular weight excluding hydrogens is 1080 g/mol. The van der Waals surface area contributed by atoms with Crippen LogP contribution in [0.5, 0.6) is 0 Å². The predicted molar refractivity (Wildman–Crippen MR) is 298 cm³/mol. The van der Waals surface area contributed by atoms with Crippen molar-refractivity contribution in [2.45, 2.75) is 37.0 Å². The third kappa shape index (κ3) is 14.7. The molecule has 370 valence electrons. The van der Waals surface area contributed by atoms with E-state index >= 15 is 0 Å². The van der Waals surface area contributed by atoms with Gasteiger partial charge in [-0.1, -0.05) is 182 Å². The molecule has 2 fully saturated rings. The number of ether oxygens (including phenoxy) is 1. The number of aliphatic hydroxyl groups excluding tert-OH is 1. The Morgan fingerprint density at radius 3 is 1.37 bits per heavy atom.